The number of pyridine rings is 1. The Kier molecular flexibility index (Phi) is 5.99. The lowest BCUT2D eigenvalue weighted by molar-refractivity contribution is 0.0745. The molecule has 0 unspecified atom stereocenters. The van der Waals surface area contributed by atoms with Crippen molar-refractivity contribution in [2.24, 2.45) is 7.05 Å². The van der Waals surface area contributed by atoms with Crippen molar-refractivity contribution in [1.82, 2.24) is 19.4 Å². The standard InChI is InChI=1S/C25H24N4O/c1-28-17-15-27-24(28)22-11-5-6-12-23(22)25(30)29(19-21-10-7-14-26-18-21)16-13-20-8-3-2-4-9-20/h2-12,14-15,17-18H,13,16,19H2,1H3. The number of aromatic nitrogens is 3. The van der Waals surface area contributed by atoms with E-state index < -0.39 is 0 Å². The van der Waals surface area contributed by atoms with Crippen molar-refractivity contribution < 1.29 is 4.79 Å². The first-order chi connectivity index (χ1) is 14.7. The van der Waals surface area contributed by atoms with Gasteiger partial charge in [-0.25, -0.2) is 4.98 Å². The van der Waals surface area contributed by atoms with Gasteiger partial charge in [0.2, 0.25) is 0 Å². The van der Waals surface area contributed by atoms with Crippen LogP contribution in [0.2, 0.25) is 0 Å². The van der Waals surface area contributed by atoms with Crippen molar-refractivity contribution >= 4 is 5.91 Å². The van der Waals surface area contributed by atoms with E-state index in [9.17, 15) is 4.79 Å². The summed E-state index contributed by atoms with van der Waals surface area (Å²) in [6, 6.07) is 21.8. The molecule has 0 spiro atoms. The summed E-state index contributed by atoms with van der Waals surface area (Å²) in [6.07, 6.45) is 7.99. The molecule has 2 aromatic heterocycles. The fourth-order valence-electron chi connectivity index (χ4n) is 3.53. The Morgan fingerprint density at radius 3 is 2.43 bits per heavy atom. The van der Waals surface area contributed by atoms with Crippen molar-refractivity contribution in [2.75, 3.05) is 6.54 Å². The molecule has 2 heterocycles. The lowest BCUT2D eigenvalue weighted by Crippen LogP contribution is -2.33. The Balaban J connectivity index is 1.65. The maximum Gasteiger partial charge on any atom is 0.254 e. The van der Waals surface area contributed by atoms with E-state index in [1.165, 1.54) is 5.56 Å². The Morgan fingerprint density at radius 1 is 0.933 bits per heavy atom. The fourth-order valence-corrected chi connectivity index (χ4v) is 3.53. The molecule has 0 aliphatic carbocycles. The van der Waals surface area contributed by atoms with Gasteiger partial charge in [-0.05, 0) is 29.7 Å². The predicted octanol–water partition coefficient (Wildman–Crippen LogP) is 4.37. The van der Waals surface area contributed by atoms with Gasteiger partial charge in [-0.15, -0.1) is 0 Å². The minimum atomic E-state index is -0.00613. The second-order valence-corrected chi connectivity index (χ2v) is 7.23. The third kappa shape index (κ3) is 4.46. The molecule has 0 atom stereocenters. The van der Waals surface area contributed by atoms with Crippen LogP contribution in [0, 0.1) is 0 Å². The molecule has 4 aromatic rings. The summed E-state index contributed by atoms with van der Waals surface area (Å²) in [6.45, 7) is 1.13. The van der Waals surface area contributed by atoms with E-state index in [4.69, 9.17) is 0 Å². The van der Waals surface area contributed by atoms with Crippen molar-refractivity contribution in [3.63, 3.8) is 0 Å². The van der Waals surface area contributed by atoms with Gasteiger partial charge in [0.15, 0.2) is 0 Å². The lowest BCUT2D eigenvalue weighted by Gasteiger charge is -2.24. The van der Waals surface area contributed by atoms with Gasteiger partial charge in [-0.2, -0.15) is 0 Å². The number of imidazole rings is 1. The minimum Gasteiger partial charge on any atom is -0.334 e. The number of amides is 1. The molecule has 2 aromatic carbocycles. The van der Waals surface area contributed by atoms with Crippen LogP contribution >= 0.6 is 0 Å². The SMILES string of the molecule is Cn1ccnc1-c1ccccc1C(=O)N(CCc1ccccc1)Cc1cccnc1. The molecule has 30 heavy (non-hydrogen) atoms. The van der Waals surface area contributed by atoms with E-state index in [2.05, 4.69) is 22.1 Å². The summed E-state index contributed by atoms with van der Waals surface area (Å²) < 4.78 is 1.93. The Bertz CT molecular complexity index is 1110. The van der Waals surface area contributed by atoms with Gasteiger partial charge in [0, 0.05) is 50.5 Å². The number of nitrogens with zero attached hydrogens (tertiary/aromatic N) is 4. The summed E-state index contributed by atoms with van der Waals surface area (Å²) in [7, 11) is 1.94. The van der Waals surface area contributed by atoms with E-state index in [1.54, 1.807) is 12.4 Å². The largest absolute Gasteiger partial charge is 0.334 e. The monoisotopic (exact) mass is 396 g/mol. The zero-order valence-electron chi connectivity index (χ0n) is 17.0. The third-order valence-electron chi connectivity index (χ3n) is 5.12. The van der Waals surface area contributed by atoms with Crippen molar-refractivity contribution in [1.29, 1.82) is 0 Å². The second-order valence-electron chi connectivity index (χ2n) is 7.23. The zero-order chi connectivity index (χ0) is 20.8. The summed E-state index contributed by atoms with van der Waals surface area (Å²) in [5.74, 6) is 0.775. The molecule has 4 rings (SSSR count). The Morgan fingerprint density at radius 2 is 1.70 bits per heavy atom. The molecule has 0 fully saturated rings. The van der Waals surface area contributed by atoms with E-state index in [0.717, 1.165) is 23.4 Å². The number of carbonyl (C=O) groups excluding carboxylic acids is 1. The molecule has 5 nitrogen and oxygen atoms in total. The molecule has 1 amide bonds. The van der Waals surface area contributed by atoms with Crippen LogP contribution in [0.1, 0.15) is 21.5 Å². The van der Waals surface area contributed by atoms with Gasteiger partial charge in [-0.1, -0.05) is 54.6 Å². The molecule has 0 bridgehead atoms. The van der Waals surface area contributed by atoms with Crippen LogP contribution in [0.4, 0.5) is 0 Å². The summed E-state index contributed by atoms with van der Waals surface area (Å²) in [5.41, 5.74) is 3.71. The molecule has 0 saturated heterocycles. The molecule has 0 N–H and O–H groups in total. The van der Waals surface area contributed by atoms with Crippen LogP contribution in [-0.4, -0.2) is 31.9 Å². The third-order valence-corrected chi connectivity index (χ3v) is 5.12. The lowest BCUT2D eigenvalue weighted by atomic mass is 10.0. The minimum absolute atomic E-state index is 0.00613. The average Bonchev–Trinajstić information content (AvgIpc) is 3.23. The van der Waals surface area contributed by atoms with Crippen LogP contribution < -0.4 is 0 Å². The van der Waals surface area contributed by atoms with Gasteiger partial charge >= 0.3 is 0 Å². The highest BCUT2D eigenvalue weighted by Crippen LogP contribution is 2.24. The van der Waals surface area contributed by atoms with Crippen LogP contribution in [0.15, 0.2) is 91.5 Å². The smallest absolute Gasteiger partial charge is 0.254 e. The highest BCUT2D eigenvalue weighted by molar-refractivity contribution is 6.00. The molecular formula is C25H24N4O. The van der Waals surface area contributed by atoms with Crippen molar-refractivity contribution in [2.45, 2.75) is 13.0 Å². The molecule has 150 valence electrons. The topological polar surface area (TPSA) is 51.0 Å². The molecule has 0 radical (unpaired) electrons. The fraction of sp³-hybridized carbons (Fsp3) is 0.160. The van der Waals surface area contributed by atoms with E-state index >= 15 is 0 Å². The summed E-state index contributed by atoms with van der Waals surface area (Å²) in [4.78, 5) is 24.2. The van der Waals surface area contributed by atoms with Gasteiger partial charge in [0.05, 0.1) is 5.56 Å². The Hall–Kier alpha value is -3.73. The summed E-state index contributed by atoms with van der Waals surface area (Å²) in [5, 5.41) is 0. The molecule has 0 saturated carbocycles. The Labute approximate surface area is 176 Å². The van der Waals surface area contributed by atoms with Gasteiger partial charge < -0.3 is 9.47 Å². The van der Waals surface area contributed by atoms with Crippen LogP contribution in [0.3, 0.4) is 0 Å². The van der Waals surface area contributed by atoms with Crippen LogP contribution in [0.5, 0.6) is 0 Å². The normalized spacial score (nSPS) is 10.7. The number of hydrogen-bond donors (Lipinski definition) is 0. The zero-order valence-corrected chi connectivity index (χ0v) is 17.0. The average molecular weight is 396 g/mol. The quantitative estimate of drug-likeness (QED) is 0.466. The van der Waals surface area contributed by atoms with E-state index in [-0.39, 0.29) is 5.91 Å². The first kappa shape index (κ1) is 19.6. The first-order valence-corrected chi connectivity index (χ1v) is 10.0. The van der Waals surface area contributed by atoms with Crippen molar-refractivity contribution in [3.8, 4) is 11.4 Å². The maximum absolute atomic E-state index is 13.7. The molecule has 0 aliphatic heterocycles. The van der Waals surface area contributed by atoms with E-state index in [1.807, 2.05) is 83.5 Å². The molecule has 5 heteroatoms. The highest BCUT2D eigenvalue weighted by atomic mass is 16.2. The maximum atomic E-state index is 13.7. The second kappa shape index (κ2) is 9.18. The molecule has 0 aliphatic rings. The van der Waals surface area contributed by atoms with Gasteiger partial charge in [-0.3, -0.25) is 9.78 Å². The van der Waals surface area contributed by atoms with Crippen LogP contribution in [0.25, 0.3) is 11.4 Å². The number of benzene rings is 2. The number of aryl methyl sites for hydroxylation is 1. The van der Waals surface area contributed by atoms with Crippen molar-refractivity contribution in [3.05, 3.63) is 108 Å². The van der Waals surface area contributed by atoms with Gasteiger partial charge in [0.1, 0.15) is 5.82 Å². The number of hydrogen-bond acceptors (Lipinski definition) is 3. The van der Waals surface area contributed by atoms with Gasteiger partial charge in [0.25, 0.3) is 5.91 Å². The number of rotatable bonds is 7. The molecular weight excluding hydrogens is 372 g/mol. The highest BCUT2D eigenvalue weighted by Gasteiger charge is 2.21. The van der Waals surface area contributed by atoms with Crippen LogP contribution in [-0.2, 0) is 20.0 Å². The predicted molar refractivity (Wildman–Crippen MR) is 118 cm³/mol. The van der Waals surface area contributed by atoms with E-state index in [0.29, 0.717) is 18.7 Å². The first-order valence-electron chi connectivity index (χ1n) is 10.0. The summed E-state index contributed by atoms with van der Waals surface area (Å²) >= 11 is 0. The number of carbonyl (C=O) groups is 1.